The molecule has 152 valence electrons. The molecular weight excluding hydrogens is 366 g/mol. The number of nitrogens with zero attached hydrogens (tertiary/aromatic N) is 2. The standard InChI is InChI=1S/C20H26F2N4O2/c1-12(2)18(24-19(27)17-15(21)7-5-8-16(17)22)20(28)23-9-6-10-26-14(4)11-13(3)25-26/h5,7-8,11-12,18H,6,9-10H2,1-4H3,(H,23,28)(H,24,27)/t18-/m1/s1. The fraction of sp³-hybridized carbons (Fsp3) is 0.450. The molecule has 0 unspecified atom stereocenters. The Kier molecular flexibility index (Phi) is 7.25. The van der Waals surface area contributed by atoms with E-state index < -0.39 is 35.1 Å². The summed E-state index contributed by atoms with van der Waals surface area (Å²) < 4.78 is 29.4. The zero-order valence-electron chi connectivity index (χ0n) is 16.6. The second kappa shape index (κ2) is 9.43. The Hall–Kier alpha value is -2.77. The van der Waals surface area contributed by atoms with Crippen molar-refractivity contribution in [3.8, 4) is 0 Å². The van der Waals surface area contributed by atoms with Crippen LogP contribution in [0.15, 0.2) is 24.3 Å². The van der Waals surface area contributed by atoms with Crippen LogP contribution in [-0.4, -0.2) is 34.2 Å². The van der Waals surface area contributed by atoms with Gasteiger partial charge in [0.05, 0.1) is 5.69 Å². The van der Waals surface area contributed by atoms with Gasteiger partial charge in [0.15, 0.2) is 0 Å². The van der Waals surface area contributed by atoms with Gasteiger partial charge < -0.3 is 10.6 Å². The maximum Gasteiger partial charge on any atom is 0.257 e. The Morgan fingerprint density at radius 3 is 2.36 bits per heavy atom. The van der Waals surface area contributed by atoms with E-state index in [2.05, 4.69) is 15.7 Å². The first-order valence-corrected chi connectivity index (χ1v) is 9.24. The number of aryl methyl sites for hydroxylation is 3. The van der Waals surface area contributed by atoms with Crippen LogP contribution in [0.25, 0.3) is 0 Å². The molecule has 0 bridgehead atoms. The number of hydrogen-bond donors (Lipinski definition) is 2. The molecule has 2 rings (SSSR count). The second-order valence-electron chi connectivity index (χ2n) is 7.09. The van der Waals surface area contributed by atoms with E-state index in [-0.39, 0.29) is 5.92 Å². The van der Waals surface area contributed by atoms with Gasteiger partial charge in [-0.1, -0.05) is 19.9 Å². The topological polar surface area (TPSA) is 76.0 Å². The first-order valence-electron chi connectivity index (χ1n) is 9.24. The summed E-state index contributed by atoms with van der Waals surface area (Å²) in [5, 5.41) is 9.56. The van der Waals surface area contributed by atoms with Gasteiger partial charge in [0, 0.05) is 18.8 Å². The average molecular weight is 392 g/mol. The van der Waals surface area contributed by atoms with Crippen molar-refractivity contribution < 1.29 is 18.4 Å². The SMILES string of the molecule is Cc1cc(C)n(CCCNC(=O)[C@H](NC(=O)c2c(F)cccc2F)C(C)C)n1. The molecule has 0 aliphatic rings. The van der Waals surface area contributed by atoms with Crippen LogP contribution in [0.2, 0.25) is 0 Å². The lowest BCUT2D eigenvalue weighted by atomic mass is 10.0. The minimum absolute atomic E-state index is 0.255. The maximum atomic E-state index is 13.8. The van der Waals surface area contributed by atoms with Crippen LogP contribution >= 0.6 is 0 Å². The van der Waals surface area contributed by atoms with E-state index in [0.29, 0.717) is 19.5 Å². The van der Waals surface area contributed by atoms with Gasteiger partial charge in [0.2, 0.25) is 5.91 Å². The molecule has 1 aromatic carbocycles. The number of benzene rings is 1. The number of hydrogen-bond acceptors (Lipinski definition) is 3. The van der Waals surface area contributed by atoms with Gasteiger partial charge >= 0.3 is 0 Å². The zero-order chi connectivity index (χ0) is 20.8. The van der Waals surface area contributed by atoms with Crippen molar-refractivity contribution in [3.63, 3.8) is 0 Å². The number of amides is 2. The van der Waals surface area contributed by atoms with E-state index in [9.17, 15) is 18.4 Å². The molecule has 0 radical (unpaired) electrons. The summed E-state index contributed by atoms with van der Waals surface area (Å²) in [6.07, 6.45) is 0.661. The smallest absolute Gasteiger partial charge is 0.257 e. The number of nitrogens with one attached hydrogen (secondary N) is 2. The van der Waals surface area contributed by atoms with Gasteiger partial charge in [-0.25, -0.2) is 8.78 Å². The second-order valence-corrected chi connectivity index (χ2v) is 7.09. The first-order chi connectivity index (χ1) is 13.2. The predicted molar refractivity (Wildman–Crippen MR) is 102 cm³/mol. The lowest BCUT2D eigenvalue weighted by Crippen LogP contribution is -2.50. The molecule has 0 spiro atoms. The third-order valence-electron chi connectivity index (χ3n) is 4.37. The molecule has 0 fully saturated rings. The van der Waals surface area contributed by atoms with Crippen molar-refractivity contribution in [2.45, 2.75) is 46.7 Å². The minimum Gasteiger partial charge on any atom is -0.354 e. The van der Waals surface area contributed by atoms with Gasteiger partial charge in [-0.2, -0.15) is 5.10 Å². The predicted octanol–water partition coefficient (Wildman–Crippen LogP) is 2.74. The van der Waals surface area contributed by atoms with E-state index in [1.807, 2.05) is 24.6 Å². The van der Waals surface area contributed by atoms with Crippen LogP contribution < -0.4 is 10.6 Å². The highest BCUT2D eigenvalue weighted by molar-refractivity contribution is 5.98. The molecule has 8 heteroatoms. The van der Waals surface area contributed by atoms with Crippen molar-refractivity contribution in [2.75, 3.05) is 6.54 Å². The average Bonchev–Trinajstić information content (AvgIpc) is 2.93. The zero-order valence-corrected chi connectivity index (χ0v) is 16.6. The number of rotatable bonds is 8. The van der Waals surface area contributed by atoms with Crippen LogP contribution in [0.1, 0.15) is 42.0 Å². The molecule has 2 N–H and O–H groups in total. The Labute approximate surface area is 163 Å². The summed E-state index contributed by atoms with van der Waals surface area (Å²) in [4.78, 5) is 24.7. The van der Waals surface area contributed by atoms with Crippen LogP contribution in [0.5, 0.6) is 0 Å². The highest BCUT2D eigenvalue weighted by atomic mass is 19.1. The van der Waals surface area contributed by atoms with Gasteiger partial charge in [-0.15, -0.1) is 0 Å². The molecule has 0 saturated heterocycles. The fourth-order valence-corrected chi connectivity index (χ4v) is 2.91. The van der Waals surface area contributed by atoms with E-state index in [4.69, 9.17) is 0 Å². The van der Waals surface area contributed by atoms with E-state index in [1.54, 1.807) is 13.8 Å². The highest BCUT2D eigenvalue weighted by Crippen LogP contribution is 2.13. The molecule has 2 amide bonds. The summed E-state index contributed by atoms with van der Waals surface area (Å²) in [5.41, 5.74) is 1.29. The molecule has 1 aromatic heterocycles. The molecule has 1 heterocycles. The molecule has 0 saturated carbocycles. The molecule has 1 atom stereocenters. The third-order valence-corrected chi connectivity index (χ3v) is 4.37. The quantitative estimate of drug-likeness (QED) is 0.679. The van der Waals surface area contributed by atoms with Gasteiger partial charge in [0.1, 0.15) is 23.2 Å². The third kappa shape index (κ3) is 5.37. The molecular formula is C20H26F2N4O2. The van der Waals surface area contributed by atoms with Crippen LogP contribution in [0, 0.1) is 31.4 Å². The maximum absolute atomic E-state index is 13.8. The molecule has 6 nitrogen and oxygen atoms in total. The summed E-state index contributed by atoms with van der Waals surface area (Å²) in [6, 6.07) is 4.25. The van der Waals surface area contributed by atoms with Gasteiger partial charge in [-0.3, -0.25) is 14.3 Å². The lowest BCUT2D eigenvalue weighted by Gasteiger charge is -2.22. The lowest BCUT2D eigenvalue weighted by molar-refractivity contribution is -0.123. The Morgan fingerprint density at radius 2 is 1.82 bits per heavy atom. The van der Waals surface area contributed by atoms with Crippen LogP contribution in [0.3, 0.4) is 0 Å². The number of carbonyl (C=O) groups is 2. The van der Waals surface area contributed by atoms with Crippen molar-refractivity contribution in [2.24, 2.45) is 5.92 Å². The Bertz CT molecular complexity index is 828. The molecule has 0 aliphatic heterocycles. The van der Waals surface area contributed by atoms with Crippen molar-refractivity contribution in [1.82, 2.24) is 20.4 Å². The Balaban J connectivity index is 1.92. The van der Waals surface area contributed by atoms with E-state index in [0.717, 1.165) is 23.5 Å². The van der Waals surface area contributed by atoms with Gasteiger partial charge in [-0.05, 0) is 44.4 Å². The number of halogens is 2. The first kappa shape index (κ1) is 21.5. The van der Waals surface area contributed by atoms with Crippen LogP contribution in [0.4, 0.5) is 8.78 Å². The van der Waals surface area contributed by atoms with E-state index >= 15 is 0 Å². The molecule has 28 heavy (non-hydrogen) atoms. The summed E-state index contributed by atoms with van der Waals surface area (Å²) in [6.45, 7) is 8.42. The monoisotopic (exact) mass is 392 g/mol. The minimum atomic E-state index is -0.967. The van der Waals surface area contributed by atoms with Crippen molar-refractivity contribution >= 4 is 11.8 Å². The summed E-state index contributed by atoms with van der Waals surface area (Å²) >= 11 is 0. The number of carbonyl (C=O) groups excluding carboxylic acids is 2. The Morgan fingerprint density at radius 1 is 1.18 bits per heavy atom. The van der Waals surface area contributed by atoms with Gasteiger partial charge in [0.25, 0.3) is 5.91 Å². The van der Waals surface area contributed by atoms with Crippen molar-refractivity contribution in [3.05, 3.63) is 52.9 Å². The molecule has 2 aromatic rings. The largest absolute Gasteiger partial charge is 0.354 e. The van der Waals surface area contributed by atoms with Crippen molar-refractivity contribution in [1.29, 1.82) is 0 Å². The van der Waals surface area contributed by atoms with Crippen LogP contribution in [-0.2, 0) is 11.3 Å². The highest BCUT2D eigenvalue weighted by Gasteiger charge is 2.27. The number of aromatic nitrogens is 2. The summed E-state index contributed by atoms with van der Waals surface area (Å²) in [5.74, 6) is -3.54. The van der Waals surface area contributed by atoms with E-state index in [1.165, 1.54) is 6.07 Å². The summed E-state index contributed by atoms with van der Waals surface area (Å²) in [7, 11) is 0. The normalized spacial score (nSPS) is 12.1. The fourth-order valence-electron chi connectivity index (χ4n) is 2.91. The molecule has 0 aliphatic carbocycles.